The van der Waals surface area contributed by atoms with Crippen LogP contribution in [0, 0.1) is 11.6 Å². The highest BCUT2D eigenvalue weighted by atomic mass is 19.2. The molecule has 4 nitrogen and oxygen atoms in total. The van der Waals surface area contributed by atoms with E-state index in [4.69, 9.17) is 10.5 Å². The first kappa shape index (κ1) is 11.4. The van der Waals surface area contributed by atoms with E-state index in [0.29, 0.717) is 5.69 Å². The predicted octanol–water partition coefficient (Wildman–Crippen LogP) is 2.01. The molecule has 0 aliphatic carbocycles. The molecular formula is C11H9F2N3O. The fourth-order valence-corrected chi connectivity index (χ4v) is 1.23. The minimum Gasteiger partial charge on any atom is -0.437 e. The van der Waals surface area contributed by atoms with Gasteiger partial charge in [-0.2, -0.15) is 0 Å². The van der Waals surface area contributed by atoms with Crippen LogP contribution in [0.4, 0.5) is 8.78 Å². The summed E-state index contributed by atoms with van der Waals surface area (Å²) in [6, 6.07) is 3.21. The van der Waals surface area contributed by atoms with Crippen LogP contribution in [0.2, 0.25) is 0 Å². The lowest BCUT2D eigenvalue weighted by Crippen LogP contribution is -2.03. The standard InChI is InChI=1S/C11H9F2N3O/c12-8-2-1-7(5-9(8)13)17-11-10(6-14)15-3-4-16-11/h1-5H,6,14H2. The van der Waals surface area contributed by atoms with Gasteiger partial charge in [0, 0.05) is 25.0 Å². The Morgan fingerprint density at radius 1 is 1.12 bits per heavy atom. The molecule has 0 spiro atoms. The van der Waals surface area contributed by atoms with Gasteiger partial charge in [-0.05, 0) is 12.1 Å². The van der Waals surface area contributed by atoms with Gasteiger partial charge in [0.05, 0.1) is 0 Å². The second kappa shape index (κ2) is 4.84. The number of hydrogen-bond acceptors (Lipinski definition) is 4. The van der Waals surface area contributed by atoms with Gasteiger partial charge in [-0.25, -0.2) is 13.8 Å². The van der Waals surface area contributed by atoms with Crippen LogP contribution in [-0.4, -0.2) is 9.97 Å². The van der Waals surface area contributed by atoms with Crippen molar-refractivity contribution in [1.29, 1.82) is 0 Å². The predicted molar refractivity (Wildman–Crippen MR) is 56.4 cm³/mol. The molecule has 2 N–H and O–H groups in total. The van der Waals surface area contributed by atoms with E-state index >= 15 is 0 Å². The molecule has 0 aliphatic heterocycles. The van der Waals surface area contributed by atoms with Crippen molar-refractivity contribution in [3.63, 3.8) is 0 Å². The van der Waals surface area contributed by atoms with E-state index in [1.165, 1.54) is 18.5 Å². The maximum Gasteiger partial charge on any atom is 0.242 e. The summed E-state index contributed by atoms with van der Waals surface area (Å²) in [6.07, 6.45) is 2.90. The Bertz CT molecular complexity index is 534. The number of benzene rings is 1. The first-order valence-electron chi connectivity index (χ1n) is 4.83. The smallest absolute Gasteiger partial charge is 0.242 e. The third-order valence-corrected chi connectivity index (χ3v) is 2.03. The van der Waals surface area contributed by atoms with Crippen molar-refractivity contribution >= 4 is 0 Å². The van der Waals surface area contributed by atoms with Crippen LogP contribution < -0.4 is 10.5 Å². The van der Waals surface area contributed by atoms with E-state index in [1.807, 2.05) is 0 Å². The van der Waals surface area contributed by atoms with E-state index in [0.717, 1.165) is 12.1 Å². The summed E-state index contributed by atoms with van der Waals surface area (Å²) in [5, 5.41) is 0. The maximum atomic E-state index is 12.9. The van der Waals surface area contributed by atoms with Crippen molar-refractivity contribution in [2.24, 2.45) is 5.73 Å². The molecule has 0 amide bonds. The van der Waals surface area contributed by atoms with Crippen LogP contribution in [0.25, 0.3) is 0 Å². The number of aromatic nitrogens is 2. The van der Waals surface area contributed by atoms with E-state index in [9.17, 15) is 8.78 Å². The molecule has 6 heteroatoms. The Morgan fingerprint density at radius 3 is 2.59 bits per heavy atom. The SMILES string of the molecule is NCc1nccnc1Oc1ccc(F)c(F)c1. The van der Waals surface area contributed by atoms with Crippen molar-refractivity contribution in [3.05, 3.63) is 47.9 Å². The molecule has 0 fully saturated rings. The molecule has 0 radical (unpaired) electrons. The first-order valence-corrected chi connectivity index (χ1v) is 4.83. The van der Waals surface area contributed by atoms with Crippen molar-refractivity contribution in [2.45, 2.75) is 6.54 Å². The fourth-order valence-electron chi connectivity index (χ4n) is 1.23. The monoisotopic (exact) mass is 237 g/mol. The summed E-state index contributed by atoms with van der Waals surface area (Å²) < 4.78 is 30.9. The molecule has 0 bridgehead atoms. The van der Waals surface area contributed by atoms with Gasteiger partial charge in [-0.15, -0.1) is 0 Å². The summed E-state index contributed by atoms with van der Waals surface area (Å²) in [7, 11) is 0. The maximum absolute atomic E-state index is 12.9. The Morgan fingerprint density at radius 2 is 1.88 bits per heavy atom. The van der Waals surface area contributed by atoms with Crippen molar-refractivity contribution in [1.82, 2.24) is 9.97 Å². The van der Waals surface area contributed by atoms with Crippen LogP contribution >= 0.6 is 0 Å². The van der Waals surface area contributed by atoms with Crippen LogP contribution in [0.1, 0.15) is 5.69 Å². The molecule has 0 saturated carbocycles. The number of nitrogens with two attached hydrogens (primary N) is 1. The highest BCUT2D eigenvalue weighted by molar-refractivity contribution is 5.29. The second-order valence-electron chi connectivity index (χ2n) is 3.19. The molecule has 0 aliphatic rings. The number of hydrogen-bond donors (Lipinski definition) is 1. The topological polar surface area (TPSA) is 61.0 Å². The number of rotatable bonds is 3. The average Bonchev–Trinajstić information content (AvgIpc) is 2.34. The summed E-state index contributed by atoms with van der Waals surface area (Å²) in [6.45, 7) is 0.146. The molecular weight excluding hydrogens is 228 g/mol. The highest BCUT2D eigenvalue weighted by Crippen LogP contribution is 2.22. The van der Waals surface area contributed by atoms with Gasteiger partial charge in [0.1, 0.15) is 11.4 Å². The van der Waals surface area contributed by atoms with E-state index in [1.54, 1.807) is 0 Å². The molecule has 1 heterocycles. The third kappa shape index (κ3) is 2.54. The van der Waals surface area contributed by atoms with Gasteiger partial charge in [-0.3, -0.25) is 4.98 Å². The quantitative estimate of drug-likeness (QED) is 0.886. The van der Waals surface area contributed by atoms with Gasteiger partial charge in [-0.1, -0.05) is 0 Å². The van der Waals surface area contributed by atoms with E-state index in [2.05, 4.69) is 9.97 Å². The van der Waals surface area contributed by atoms with Gasteiger partial charge in [0.25, 0.3) is 0 Å². The van der Waals surface area contributed by atoms with Crippen molar-refractivity contribution in [3.8, 4) is 11.6 Å². The fraction of sp³-hybridized carbons (Fsp3) is 0.0909. The number of nitrogens with zero attached hydrogens (tertiary/aromatic N) is 2. The van der Waals surface area contributed by atoms with Crippen LogP contribution in [0.15, 0.2) is 30.6 Å². The summed E-state index contributed by atoms with van der Waals surface area (Å²) >= 11 is 0. The molecule has 2 aromatic rings. The summed E-state index contributed by atoms with van der Waals surface area (Å²) in [5.41, 5.74) is 5.88. The Hall–Kier alpha value is -2.08. The zero-order valence-corrected chi connectivity index (χ0v) is 8.73. The van der Waals surface area contributed by atoms with Crippen LogP contribution in [-0.2, 0) is 6.54 Å². The lowest BCUT2D eigenvalue weighted by atomic mass is 10.3. The molecule has 88 valence electrons. The normalized spacial score (nSPS) is 10.3. The largest absolute Gasteiger partial charge is 0.437 e. The second-order valence-corrected chi connectivity index (χ2v) is 3.19. The lowest BCUT2D eigenvalue weighted by molar-refractivity contribution is 0.439. The lowest BCUT2D eigenvalue weighted by Gasteiger charge is -2.07. The average molecular weight is 237 g/mol. The van der Waals surface area contributed by atoms with Crippen molar-refractivity contribution < 1.29 is 13.5 Å². The van der Waals surface area contributed by atoms with Gasteiger partial charge in [0.15, 0.2) is 11.6 Å². The van der Waals surface area contributed by atoms with Gasteiger partial charge in [0.2, 0.25) is 5.88 Å². The molecule has 0 saturated heterocycles. The molecule has 0 unspecified atom stereocenters. The van der Waals surface area contributed by atoms with Gasteiger partial charge < -0.3 is 10.5 Å². The van der Waals surface area contributed by atoms with E-state index < -0.39 is 11.6 Å². The highest BCUT2D eigenvalue weighted by Gasteiger charge is 2.08. The number of halogens is 2. The Balaban J connectivity index is 2.28. The first-order chi connectivity index (χ1) is 8.20. The van der Waals surface area contributed by atoms with Crippen LogP contribution in [0.3, 0.4) is 0 Å². The summed E-state index contributed by atoms with van der Waals surface area (Å²) in [5.74, 6) is -1.60. The van der Waals surface area contributed by atoms with E-state index in [-0.39, 0.29) is 18.2 Å². The third-order valence-electron chi connectivity index (χ3n) is 2.03. The molecule has 17 heavy (non-hydrogen) atoms. The molecule has 1 aromatic carbocycles. The molecule has 2 rings (SSSR count). The Kier molecular flexibility index (Phi) is 3.24. The zero-order valence-electron chi connectivity index (χ0n) is 8.73. The zero-order chi connectivity index (χ0) is 12.3. The van der Waals surface area contributed by atoms with Gasteiger partial charge >= 0.3 is 0 Å². The molecule has 0 atom stereocenters. The minimum atomic E-state index is -0.985. The Labute approximate surface area is 96.1 Å². The number of ether oxygens (including phenoxy) is 1. The summed E-state index contributed by atoms with van der Waals surface area (Å²) in [4.78, 5) is 7.87. The minimum absolute atomic E-state index is 0.138. The van der Waals surface area contributed by atoms with Crippen LogP contribution in [0.5, 0.6) is 11.6 Å². The van der Waals surface area contributed by atoms with Crippen molar-refractivity contribution in [2.75, 3.05) is 0 Å². The molecule has 1 aromatic heterocycles.